The third-order valence-electron chi connectivity index (χ3n) is 1.95. The zero-order valence-electron chi connectivity index (χ0n) is 5.56. The van der Waals surface area contributed by atoms with Crippen LogP contribution in [0.1, 0.15) is 12.8 Å². The molecule has 1 aliphatic carbocycles. The Labute approximate surface area is 58.0 Å². The molecular formula is C6H11F2NO. The Hall–Kier alpha value is -0.220. The maximum Gasteiger partial charge on any atom is 0.263 e. The van der Waals surface area contributed by atoms with Gasteiger partial charge in [-0.3, -0.25) is 0 Å². The minimum absolute atomic E-state index is 0.177. The normalized spacial score (nSPS) is 38.4. The molecule has 10 heavy (non-hydrogen) atoms. The molecule has 0 spiro atoms. The van der Waals surface area contributed by atoms with Gasteiger partial charge in [0.1, 0.15) is 0 Å². The lowest BCUT2D eigenvalue weighted by molar-refractivity contribution is -0.0118. The van der Waals surface area contributed by atoms with Gasteiger partial charge in [-0.15, -0.1) is 0 Å². The van der Waals surface area contributed by atoms with Crippen LogP contribution in [-0.2, 0) is 0 Å². The number of aliphatic hydroxyl groups excluding tert-OH is 1. The van der Waals surface area contributed by atoms with Crippen LogP contribution in [0.15, 0.2) is 0 Å². The summed E-state index contributed by atoms with van der Waals surface area (Å²) in [5.74, 6) is -3.06. The molecule has 1 rings (SSSR count). The van der Waals surface area contributed by atoms with Crippen molar-refractivity contribution in [2.24, 2.45) is 11.7 Å². The molecule has 0 aliphatic heterocycles. The Morgan fingerprint density at radius 2 is 2.20 bits per heavy atom. The third-order valence-corrected chi connectivity index (χ3v) is 1.95. The van der Waals surface area contributed by atoms with E-state index in [9.17, 15) is 8.78 Å². The van der Waals surface area contributed by atoms with Crippen LogP contribution in [0, 0.1) is 5.92 Å². The minimum atomic E-state index is -2.76. The number of rotatable bonds is 1. The van der Waals surface area contributed by atoms with Crippen LogP contribution in [-0.4, -0.2) is 23.7 Å². The monoisotopic (exact) mass is 151 g/mol. The molecule has 0 amide bonds. The van der Waals surface area contributed by atoms with Crippen molar-refractivity contribution in [2.45, 2.75) is 24.8 Å². The number of hydrogen-bond donors (Lipinski definition) is 2. The first kappa shape index (κ1) is 7.88. The van der Waals surface area contributed by atoms with Gasteiger partial charge in [0.25, 0.3) is 5.92 Å². The standard InChI is InChI=1S/C6H11F2NO/c7-6(8)2-4(3-10)1-5(6)9/h4-5,10H,1-3,9H2/t4-,5+/m0/s1. The molecule has 1 aliphatic rings. The summed E-state index contributed by atoms with van der Waals surface area (Å²) in [6.45, 7) is -0.177. The summed E-state index contributed by atoms with van der Waals surface area (Å²) in [6.07, 6.45) is -0.0197. The predicted octanol–water partition coefficient (Wildman–Crippen LogP) is 0.351. The largest absolute Gasteiger partial charge is 0.396 e. The van der Waals surface area contributed by atoms with Crippen molar-refractivity contribution < 1.29 is 13.9 Å². The van der Waals surface area contributed by atoms with Crippen LogP contribution < -0.4 is 5.73 Å². The van der Waals surface area contributed by atoms with Gasteiger partial charge in [-0.05, 0) is 12.3 Å². The fraction of sp³-hybridized carbons (Fsp3) is 1.00. The molecule has 3 N–H and O–H groups in total. The van der Waals surface area contributed by atoms with Gasteiger partial charge < -0.3 is 10.8 Å². The molecule has 2 nitrogen and oxygen atoms in total. The fourth-order valence-electron chi connectivity index (χ4n) is 1.29. The molecule has 2 atom stereocenters. The van der Waals surface area contributed by atoms with E-state index in [1.807, 2.05) is 0 Å². The first-order valence-electron chi connectivity index (χ1n) is 3.30. The molecule has 0 unspecified atom stereocenters. The quantitative estimate of drug-likeness (QED) is 0.568. The van der Waals surface area contributed by atoms with Gasteiger partial charge in [-0.25, -0.2) is 8.78 Å². The summed E-state index contributed by atoms with van der Waals surface area (Å²) < 4.78 is 25.1. The third kappa shape index (κ3) is 1.27. The van der Waals surface area contributed by atoms with Crippen LogP contribution in [0.25, 0.3) is 0 Å². The second kappa shape index (κ2) is 2.43. The molecule has 60 valence electrons. The molecule has 0 bridgehead atoms. The van der Waals surface area contributed by atoms with Crippen molar-refractivity contribution in [3.05, 3.63) is 0 Å². The molecular weight excluding hydrogens is 140 g/mol. The average molecular weight is 151 g/mol. The van der Waals surface area contributed by atoms with Gasteiger partial charge in [0.2, 0.25) is 0 Å². The van der Waals surface area contributed by atoms with Crippen molar-refractivity contribution in [1.29, 1.82) is 0 Å². The highest BCUT2D eigenvalue weighted by Crippen LogP contribution is 2.37. The average Bonchev–Trinajstić information content (AvgIpc) is 2.08. The lowest BCUT2D eigenvalue weighted by atomic mass is 10.1. The Bertz CT molecular complexity index is 129. The minimum Gasteiger partial charge on any atom is -0.396 e. The van der Waals surface area contributed by atoms with Crippen molar-refractivity contribution in [1.82, 2.24) is 0 Å². The van der Waals surface area contributed by atoms with E-state index in [4.69, 9.17) is 10.8 Å². The first-order chi connectivity index (χ1) is 4.56. The van der Waals surface area contributed by atoms with Gasteiger partial charge in [0.05, 0.1) is 6.04 Å². The van der Waals surface area contributed by atoms with E-state index in [1.165, 1.54) is 0 Å². The lowest BCUT2D eigenvalue weighted by Crippen LogP contribution is -2.34. The molecule has 0 saturated heterocycles. The van der Waals surface area contributed by atoms with E-state index in [1.54, 1.807) is 0 Å². The second-order valence-corrected chi connectivity index (χ2v) is 2.86. The predicted molar refractivity (Wildman–Crippen MR) is 32.7 cm³/mol. The molecule has 1 fully saturated rings. The van der Waals surface area contributed by atoms with Crippen LogP contribution >= 0.6 is 0 Å². The van der Waals surface area contributed by atoms with Crippen molar-refractivity contribution in [2.75, 3.05) is 6.61 Å². The van der Waals surface area contributed by atoms with E-state index < -0.39 is 12.0 Å². The summed E-state index contributed by atoms with van der Waals surface area (Å²) in [4.78, 5) is 0. The molecule has 0 heterocycles. The second-order valence-electron chi connectivity index (χ2n) is 2.86. The van der Waals surface area contributed by atoms with Crippen LogP contribution in [0.4, 0.5) is 8.78 Å². The fourth-order valence-corrected chi connectivity index (χ4v) is 1.29. The Kier molecular flexibility index (Phi) is 1.92. The molecule has 0 aromatic rings. The van der Waals surface area contributed by atoms with Crippen molar-refractivity contribution in [3.8, 4) is 0 Å². The Morgan fingerprint density at radius 1 is 1.60 bits per heavy atom. The number of aliphatic hydroxyl groups is 1. The molecule has 4 heteroatoms. The maximum absolute atomic E-state index is 12.5. The van der Waals surface area contributed by atoms with E-state index in [2.05, 4.69) is 0 Å². The SMILES string of the molecule is N[C@@H]1C[C@H](CO)CC1(F)F. The number of hydrogen-bond acceptors (Lipinski definition) is 2. The van der Waals surface area contributed by atoms with E-state index in [0.29, 0.717) is 0 Å². The topological polar surface area (TPSA) is 46.2 Å². The van der Waals surface area contributed by atoms with Crippen LogP contribution in [0.3, 0.4) is 0 Å². The summed E-state index contributed by atoms with van der Waals surface area (Å²) in [7, 11) is 0. The van der Waals surface area contributed by atoms with E-state index in [0.717, 1.165) is 0 Å². The summed E-state index contributed by atoms with van der Waals surface area (Å²) in [5, 5.41) is 8.53. The smallest absolute Gasteiger partial charge is 0.263 e. The van der Waals surface area contributed by atoms with Crippen LogP contribution in [0.5, 0.6) is 0 Å². The van der Waals surface area contributed by atoms with Gasteiger partial charge in [0, 0.05) is 13.0 Å². The van der Waals surface area contributed by atoms with E-state index in [-0.39, 0.29) is 25.4 Å². The van der Waals surface area contributed by atoms with E-state index >= 15 is 0 Å². The van der Waals surface area contributed by atoms with Gasteiger partial charge in [-0.2, -0.15) is 0 Å². The highest BCUT2D eigenvalue weighted by atomic mass is 19.3. The molecule has 1 saturated carbocycles. The molecule has 0 radical (unpaired) electrons. The van der Waals surface area contributed by atoms with Crippen LogP contribution in [0.2, 0.25) is 0 Å². The number of halogens is 2. The van der Waals surface area contributed by atoms with Gasteiger partial charge in [-0.1, -0.05) is 0 Å². The highest BCUT2D eigenvalue weighted by Gasteiger charge is 2.46. The summed E-state index contributed by atoms with van der Waals surface area (Å²) in [6, 6.07) is -1.05. The zero-order valence-corrected chi connectivity index (χ0v) is 5.56. The molecule has 0 aromatic heterocycles. The zero-order chi connectivity index (χ0) is 7.78. The molecule has 0 aromatic carbocycles. The van der Waals surface area contributed by atoms with Gasteiger partial charge >= 0.3 is 0 Å². The number of nitrogens with two attached hydrogens (primary N) is 1. The lowest BCUT2D eigenvalue weighted by Gasteiger charge is -2.12. The highest BCUT2D eigenvalue weighted by molar-refractivity contribution is 4.91. The number of alkyl halides is 2. The maximum atomic E-state index is 12.5. The Morgan fingerprint density at radius 3 is 2.40 bits per heavy atom. The first-order valence-corrected chi connectivity index (χ1v) is 3.30. The van der Waals surface area contributed by atoms with Gasteiger partial charge in [0.15, 0.2) is 0 Å². The summed E-state index contributed by atoms with van der Waals surface area (Å²) >= 11 is 0. The summed E-state index contributed by atoms with van der Waals surface area (Å²) in [5.41, 5.74) is 5.12. The van der Waals surface area contributed by atoms with Crippen molar-refractivity contribution >= 4 is 0 Å². The Balaban J connectivity index is 2.53. The van der Waals surface area contributed by atoms with Crippen molar-refractivity contribution in [3.63, 3.8) is 0 Å².